The molecule has 9 heteroatoms. The van der Waals surface area contributed by atoms with Crippen molar-refractivity contribution < 1.29 is 26.7 Å². The van der Waals surface area contributed by atoms with Crippen LogP contribution in [-0.4, -0.2) is 32.9 Å². The van der Waals surface area contributed by atoms with Gasteiger partial charge in [-0.05, 0) is 61.0 Å². The molecule has 0 unspecified atom stereocenters. The van der Waals surface area contributed by atoms with Gasteiger partial charge in [0.25, 0.3) is 15.9 Å². The molecule has 0 aliphatic heterocycles. The summed E-state index contributed by atoms with van der Waals surface area (Å²) >= 11 is 0. The number of carbonyl (C=O) groups is 1. The normalized spacial score (nSPS) is 11.3. The van der Waals surface area contributed by atoms with E-state index < -0.39 is 16.6 Å². The van der Waals surface area contributed by atoms with Gasteiger partial charge in [0.1, 0.15) is 5.75 Å². The van der Waals surface area contributed by atoms with Gasteiger partial charge >= 0.3 is 6.61 Å². The number of amides is 1. The van der Waals surface area contributed by atoms with E-state index in [1.54, 1.807) is 43.4 Å². The molecule has 0 fully saturated rings. The predicted octanol–water partition coefficient (Wildman–Crippen LogP) is 4.67. The monoisotopic (exact) mass is 460 g/mol. The number of carbonyl (C=O) groups excluding carboxylic acids is 1. The van der Waals surface area contributed by atoms with Crippen LogP contribution in [0.3, 0.4) is 0 Å². The lowest BCUT2D eigenvalue weighted by Crippen LogP contribution is -2.26. The summed E-state index contributed by atoms with van der Waals surface area (Å²) in [6.45, 7) is -0.755. The number of hydrogen-bond donors (Lipinski definition) is 1. The van der Waals surface area contributed by atoms with Crippen LogP contribution in [0.15, 0.2) is 77.7 Å². The Hall–Kier alpha value is -3.46. The minimum atomic E-state index is -3.79. The molecule has 3 aromatic rings. The van der Waals surface area contributed by atoms with E-state index in [4.69, 9.17) is 0 Å². The van der Waals surface area contributed by atoms with Crippen molar-refractivity contribution in [2.24, 2.45) is 0 Å². The largest absolute Gasteiger partial charge is 0.435 e. The van der Waals surface area contributed by atoms with E-state index in [1.165, 1.54) is 41.3 Å². The molecular formula is C23H22F2N2O4S. The lowest BCUT2D eigenvalue weighted by molar-refractivity contribution is -0.0498. The zero-order valence-corrected chi connectivity index (χ0v) is 18.3. The Morgan fingerprint density at radius 1 is 0.969 bits per heavy atom. The van der Waals surface area contributed by atoms with Crippen molar-refractivity contribution in [3.63, 3.8) is 0 Å². The summed E-state index contributed by atoms with van der Waals surface area (Å²) in [6.07, 6.45) is 0. The zero-order valence-electron chi connectivity index (χ0n) is 17.5. The molecule has 3 aromatic carbocycles. The fourth-order valence-electron chi connectivity index (χ4n) is 2.95. The molecule has 3 rings (SSSR count). The van der Waals surface area contributed by atoms with Crippen molar-refractivity contribution in [2.45, 2.75) is 25.0 Å². The Balaban J connectivity index is 1.65. The number of ether oxygens (including phenoxy) is 1. The zero-order chi connectivity index (χ0) is 23.3. The van der Waals surface area contributed by atoms with Gasteiger partial charge in [-0.15, -0.1) is 0 Å². The first-order valence-corrected chi connectivity index (χ1v) is 11.1. The average Bonchev–Trinajstić information content (AvgIpc) is 2.76. The quantitative estimate of drug-likeness (QED) is 0.530. The first kappa shape index (κ1) is 23.2. The molecule has 0 atom stereocenters. The molecule has 32 heavy (non-hydrogen) atoms. The number of anilines is 1. The third-order valence-electron chi connectivity index (χ3n) is 4.63. The van der Waals surface area contributed by atoms with Crippen LogP contribution in [0.25, 0.3) is 0 Å². The number of aryl methyl sites for hydroxylation is 1. The second-order valence-electron chi connectivity index (χ2n) is 7.18. The topological polar surface area (TPSA) is 75.7 Å². The van der Waals surface area contributed by atoms with Gasteiger partial charge in [0, 0.05) is 24.8 Å². The molecule has 0 saturated carbocycles. The number of halogens is 2. The molecule has 0 heterocycles. The summed E-state index contributed by atoms with van der Waals surface area (Å²) in [5.74, 6) is -0.276. The summed E-state index contributed by atoms with van der Waals surface area (Å²) in [5, 5.41) is 0. The Morgan fingerprint density at radius 2 is 1.56 bits per heavy atom. The van der Waals surface area contributed by atoms with Gasteiger partial charge in [0.15, 0.2) is 0 Å². The third kappa shape index (κ3) is 6.04. The molecule has 0 spiro atoms. The summed E-state index contributed by atoms with van der Waals surface area (Å²) < 4.78 is 56.4. The van der Waals surface area contributed by atoms with E-state index in [-0.39, 0.29) is 23.1 Å². The molecule has 6 nitrogen and oxygen atoms in total. The molecule has 0 radical (unpaired) electrons. The Kier molecular flexibility index (Phi) is 7.09. The highest BCUT2D eigenvalue weighted by atomic mass is 32.2. The minimum Gasteiger partial charge on any atom is -0.435 e. The van der Waals surface area contributed by atoms with Gasteiger partial charge in [-0.3, -0.25) is 9.52 Å². The second kappa shape index (κ2) is 9.78. The first-order chi connectivity index (χ1) is 15.1. The standard InChI is InChI=1S/C23H22F2N2O4S/c1-16-3-9-19(10-4-16)26-32(29,30)21-13-7-18(8-14-21)22(28)27(2)15-17-5-11-20(12-6-17)31-23(24)25/h3-14,23,26H,15H2,1-2H3. The number of hydrogen-bond acceptors (Lipinski definition) is 4. The van der Waals surface area contributed by atoms with Crippen molar-refractivity contribution in [3.05, 3.63) is 89.5 Å². The minimum absolute atomic E-state index is 0.0342. The van der Waals surface area contributed by atoms with Crippen LogP contribution in [-0.2, 0) is 16.6 Å². The van der Waals surface area contributed by atoms with Gasteiger partial charge in [-0.25, -0.2) is 8.42 Å². The van der Waals surface area contributed by atoms with Crippen molar-refractivity contribution in [2.75, 3.05) is 11.8 Å². The average molecular weight is 461 g/mol. The van der Waals surface area contributed by atoms with Crippen LogP contribution in [0.2, 0.25) is 0 Å². The van der Waals surface area contributed by atoms with E-state index in [0.717, 1.165) is 11.1 Å². The molecule has 0 aromatic heterocycles. The van der Waals surface area contributed by atoms with E-state index in [9.17, 15) is 22.0 Å². The lowest BCUT2D eigenvalue weighted by Gasteiger charge is -2.18. The van der Waals surface area contributed by atoms with E-state index >= 15 is 0 Å². The number of benzene rings is 3. The molecule has 0 bridgehead atoms. The molecule has 0 saturated heterocycles. The van der Waals surface area contributed by atoms with Gasteiger partial charge in [0.05, 0.1) is 4.90 Å². The smallest absolute Gasteiger partial charge is 0.387 e. The number of alkyl halides is 2. The van der Waals surface area contributed by atoms with Crippen LogP contribution >= 0.6 is 0 Å². The summed E-state index contributed by atoms with van der Waals surface area (Å²) in [4.78, 5) is 14.2. The maximum absolute atomic E-state index is 12.7. The maximum Gasteiger partial charge on any atom is 0.387 e. The van der Waals surface area contributed by atoms with Crippen molar-refractivity contribution in [1.82, 2.24) is 4.90 Å². The predicted molar refractivity (Wildman–Crippen MR) is 117 cm³/mol. The van der Waals surface area contributed by atoms with Crippen LogP contribution in [0.4, 0.5) is 14.5 Å². The van der Waals surface area contributed by atoms with Gasteiger partial charge < -0.3 is 9.64 Å². The highest BCUT2D eigenvalue weighted by molar-refractivity contribution is 7.92. The van der Waals surface area contributed by atoms with Crippen LogP contribution in [0.5, 0.6) is 5.75 Å². The number of nitrogens with one attached hydrogen (secondary N) is 1. The van der Waals surface area contributed by atoms with Crippen molar-refractivity contribution in [3.8, 4) is 5.75 Å². The molecular weight excluding hydrogens is 438 g/mol. The Bertz CT molecular complexity index is 1160. The number of rotatable bonds is 8. The lowest BCUT2D eigenvalue weighted by atomic mass is 10.1. The second-order valence-corrected chi connectivity index (χ2v) is 8.86. The summed E-state index contributed by atoms with van der Waals surface area (Å²) in [6, 6.07) is 18.6. The summed E-state index contributed by atoms with van der Waals surface area (Å²) in [7, 11) is -2.20. The third-order valence-corrected chi connectivity index (χ3v) is 6.03. The molecule has 1 amide bonds. The van der Waals surface area contributed by atoms with Crippen LogP contribution in [0, 0.1) is 6.92 Å². The molecule has 1 N–H and O–H groups in total. The van der Waals surface area contributed by atoms with Gasteiger partial charge in [0.2, 0.25) is 0 Å². The highest BCUT2D eigenvalue weighted by Crippen LogP contribution is 2.19. The fraction of sp³-hybridized carbons (Fsp3) is 0.174. The number of sulfonamides is 1. The van der Waals surface area contributed by atoms with Crippen molar-refractivity contribution in [1.29, 1.82) is 0 Å². The number of nitrogens with zero attached hydrogens (tertiary/aromatic N) is 1. The van der Waals surface area contributed by atoms with Crippen LogP contribution in [0.1, 0.15) is 21.5 Å². The first-order valence-electron chi connectivity index (χ1n) is 9.63. The summed E-state index contributed by atoms with van der Waals surface area (Å²) in [5.41, 5.74) is 2.50. The molecule has 0 aliphatic carbocycles. The van der Waals surface area contributed by atoms with Gasteiger partial charge in [-0.1, -0.05) is 29.8 Å². The highest BCUT2D eigenvalue weighted by Gasteiger charge is 2.17. The van der Waals surface area contributed by atoms with Gasteiger partial charge in [-0.2, -0.15) is 8.78 Å². The Morgan fingerprint density at radius 3 is 2.12 bits per heavy atom. The fourth-order valence-corrected chi connectivity index (χ4v) is 4.01. The maximum atomic E-state index is 12.7. The van der Waals surface area contributed by atoms with E-state index in [0.29, 0.717) is 11.3 Å². The van der Waals surface area contributed by atoms with E-state index in [2.05, 4.69) is 9.46 Å². The molecule has 168 valence electrons. The van der Waals surface area contributed by atoms with Crippen LogP contribution < -0.4 is 9.46 Å². The SMILES string of the molecule is Cc1ccc(NS(=O)(=O)c2ccc(C(=O)N(C)Cc3ccc(OC(F)F)cc3)cc2)cc1. The molecule has 0 aliphatic rings. The Labute approximate surface area is 185 Å². The van der Waals surface area contributed by atoms with E-state index in [1.807, 2.05) is 6.92 Å². The van der Waals surface area contributed by atoms with Crippen molar-refractivity contribution >= 4 is 21.6 Å².